The van der Waals surface area contributed by atoms with E-state index in [1.807, 2.05) is 30.3 Å². The van der Waals surface area contributed by atoms with Crippen LogP contribution in [-0.2, 0) is 6.54 Å². The van der Waals surface area contributed by atoms with Crippen LogP contribution in [0.1, 0.15) is 49.8 Å². The van der Waals surface area contributed by atoms with Crippen LogP contribution in [0, 0.1) is 0 Å². The fourth-order valence-corrected chi connectivity index (χ4v) is 3.49. The highest BCUT2D eigenvalue weighted by Crippen LogP contribution is 2.36. The fourth-order valence-electron chi connectivity index (χ4n) is 3.49. The maximum Gasteiger partial charge on any atom is 0.127 e. The first-order valence-electron chi connectivity index (χ1n) is 9.11. The van der Waals surface area contributed by atoms with Gasteiger partial charge < -0.3 is 10.5 Å². The fraction of sp³-hybridized carbons (Fsp3) is 0.429. The van der Waals surface area contributed by atoms with E-state index in [4.69, 9.17) is 10.5 Å². The Morgan fingerprint density at radius 3 is 2.62 bits per heavy atom. The number of para-hydroxylation sites is 1. The van der Waals surface area contributed by atoms with E-state index >= 15 is 0 Å². The zero-order valence-electron chi connectivity index (χ0n) is 14.6. The molecule has 1 aliphatic heterocycles. The molecular formula is C21H28N2O. The molecule has 0 radical (unpaired) electrons. The van der Waals surface area contributed by atoms with E-state index < -0.39 is 0 Å². The number of hydrogen-bond donors (Lipinski definition) is 1. The number of hydrogen-bond acceptors (Lipinski definition) is 3. The quantitative estimate of drug-likeness (QED) is 0.704. The second-order valence-electron chi connectivity index (χ2n) is 6.56. The van der Waals surface area contributed by atoms with Crippen LogP contribution in [0.3, 0.4) is 0 Å². The second-order valence-corrected chi connectivity index (χ2v) is 6.56. The third-order valence-corrected chi connectivity index (χ3v) is 4.79. The van der Waals surface area contributed by atoms with Gasteiger partial charge in [-0.2, -0.15) is 0 Å². The van der Waals surface area contributed by atoms with Crippen molar-refractivity contribution in [3.05, 3.63) is 59.7 Å². The molecule has 0 bridgehead atoms. The number of benzene rings is 2. The molecule has 1 atom stereocenters. The van der Waals surface area contributed by atoms with Gasteiger partial charge in [-0.25, -0.2) is 0 Å². The molecule has 3 heteroatoms. The van der Waals surface area contributed by atoms with Gasteiger partial charge in [-0.05, 0) is 48.4 Å². The largest absolute Gasteiger partial charge is 0.457 e. The topological polar surface area (TPSA) is 38.5 Å². The Hall–Kier alpha value is -1.84. The summed E-state index contributed by atoms with van der Waals surface area (Å²) in [6, 6.07) is 16.7. The summed E-state index contributed by atoms with van der Waals surface area (Å²) in [5.41, 5.74) is 8.81. The first-order valence-corrected chi connectivity index (χ1v) is 9.11. The number of nitrogens with zero attached hydrogens (tertiary/aromatic N) is 1. The molecule has 3 nitrogen and oxygen atoms in total. The molecule has 1 heterocycles. The third kappa shape index (κ3) is 3.97. The van der Waals surface area contributed by atoms with E-state index in [9.17, 15) is 0 Å². The average molecular weight is 324 g/mol. The summed E-state index contributed by atoms with van der Waals surface area (Å²) < 4.78 is 5.99. The van der Waals surface area contributed by atoms with Gasteiger partial charge in [0.05, 0.1) is 0 Å². The van der Waals surface area contributed by atoms with Crippen molar-refractivity contribution in [1.82, 2.24) is 4.90 Å². The molecule has 0 fully saturated rings. The molecule has 128 valence electrons. The lowest BCUT2D eigenvalue weighted by molar-refractivity contribution is 0.215. The van der Waals surface area contributed by atoms with Crippen molar-refractivity contribution in [3.8, 4) is 11.5 Å². The standard InChI is InChI=1S/C21H28N2O/c1-2-3-4-8-13-23-16-17-11-12-19(14-20(17)21(23)15-22)24-18-9-6-5-7-10-18/h5-7,9-12,14,21H,2-4,8,13,15-16,22H2,1H3. The van der Waals surface area contributed by atoms with E-state index in [-0.39, 0.29) is 0 Å². The minimum absolute atomic E-state index is 0.320. The predicted molar refractivity (Wildman–Crippen MR) is 99.3 cm³/mol. The van der Waals surface area contributed by atoms with Crippen molar-refractivity contribution in [2.24, 2.45) is 5.73 Å². The summed E-state index contributed by atoms with van der Waals surface area (Å²) in [5.74, 6) is 1.77. The van der Waals surface area contributed by atoms with Crippen molar-refractivity contribution in [2.75, 3.05) is 13.1 Å². The highest BCUT2D eigenvalue weighted by molar-refractivity contribution is 5.42. The van der Waals surface area contributed by atoms with Crippen LogP contribution >= 0.6 is 0 Å². The number of nitrogens with two attached hydrogens (primary N) is 1. The first-order chi connectivity index (χ1) is 11.8. The Morgan fingerprint density at radius 1 is 1.04 bits per heavy atom. The SMILES string of the molecule is CCCCCCN1Cc2ccc(Oc3ccccc3)cc2C1CN. The van der Waals surface area contributed by atoms with E-state index in [0.29, 0.717) is 12.6 Å². The summed E-state index contributed by atoms with van der Waals surface area (Å²) in [4.78, 5) is 2.52. The van der Waals surface area contributed by atoms with Crippen molar-refractivity contribution in [3.63, 3.8) is 0 Å². The lowest BCUT2D eigenvalue weighted by Gasteiger charge is -2.23. The summed E-state index contributed by atoms with van der Waals surface area (Å²) in [6.45, 7) is 5.05. The van der Waals surface area contributed by atoms with Gasteiger partial charge >= 0.3 is 0 Å². The smallest absolute Gasteiger partial charge is 0.127 e. The molecule has 0 saturated carbocycles. The van der Waals surface area contributed by atoms with Gasteiger partial charge in [-0.3, -0.25) is 4.90 Å². The highest BCUT2D eigenvalue weighted by atomic mass is 16.5. The van der Waals surface area contributed by atoms with Gasteiger partial charge in [0.1, 0.15) is 11.5 Å². The van der Waals surface area contributed by atoms with Crippen molar-refractivity contribution in [1.29, 1.82) is 0 Å². The van der Waals surface area contributed by atoms with Crippen LogP contribution < -0.4 is 10.5 Å². The zero-order chi connectivity index (χ0) is 16.8. The summed E-state index contributed by atoms with van der Waals surface area (Å²) in [5, 5.41) is 0. The Morgan fingerprint density at radius 2 is 1.88 bits per heavy atom. The lowest BCUT2D eigenvalue weighted by atomic mass is 10.0. The predicted octanol–water partition coefficient (Wildman–Crippen LogP) is 4.87. The molecule has 0 aliphatic carbocycles. The molecule has 2 aromatic carbocycles. The lowest BCUT2D eigenvalue weighted by Crippen LogP contribution is -2.28. The van der Waals surface area contributed by atoms with Crippen molar-refractivity contribution in [2.45, 2.75) is 45.2 Å². The van der Waals surface area contributed by atoms with E-state index in [1.54, 1.807) is 0 Å². The molecule has 2 aromatic rings. The first kappa shape index (κ1) is 17.0. The Labute approximate surface area is 145 Å². The van der Waals surface area contributed by atoms with Gasteiger partial charge in [0.2, 0.25) is 0 Å². The van der Waals surface area contributed by atoms with Gasteiger partial charge in [-0.15, -0.1) is 0 Å². The summed E-state index contributed by atoms with van der Waals surface area (Å²) >= 11 is 0. The van der Waals surface area contributed by atoms with Gasteiger partial charge in [0.15, 0.2) is 0 Å². The minimum atomic E-state index is 0.320. The van der Waals surface area contributed by atoms with Gasteiger partial charge in [0, 0.05) is 19.1 Å². The Bertz CT molecular complexity index is 642. The Kier molecular flexibility index (Phi) is 5.89. The van der Waals surface area contributed by atoms with E-state index in [2.05, 4.69) is 30.0 Å². The van der Waals surface area contributed by atoms with E-state index in [1.165, 1.54) is 36.8 Å². The molecule has 3 rings (SSSR count). The molecule has 1 aliphatic rings. The Balaban J connectivity index is 1.69. The monoisotopic (exact) mass is 324 g/mol. The van der Waals surface area contributed by atoms with Crippen LogP contribution in [0.15, 0.2) is 48.5 Å². The normalized spacial score (nSPS) is 17.0. The van der Waals surface area contributed by atoms with E-state index in [0.717, 1.165) is 24.6 Å². The highest BCUT2D eigenvalue weighted by Gasteiger charge is 2.29. The van der Waals surface area contributed by atoms with Gasteiger partial charge in [0.25, 0.3) is 0 Å². The maximum absolute atomic E-state index is 6.09. The summed E-state index contributed by atoms with van der Waals surface area (Å²) in [6.07, 6.45) is 5.17. The molecule has 0 saturated heterocycles. The molecule has 24 heavy (non-hydrogen) atoms. The van der Waals surface area contributed by atoms with Crippen LogP contribution in [0.25, 0.3) is 0 Å². The maximum atomic E-state index is 6.09. The molecular weight excluding hydrogens is 296 g/mol. The molecule has 1 unspecified atom stereocenters. The van der Waals surface area contributed by atoms with Crippen LogP contribution in [0.2, 0.25) is 0 Å². The minimum Gasteiger partial charge on any atom is -0.457 e. The number of rotatable bonds is 8. The van der Waals surface area contributed by atoms with Crippen molar-refractivity contribution < 1.29 is 4.74 Å². The molecule has 0 aromatic heterocycles. The van der Waals surface area contributed by atoms with Crippen molar-refractivity contribution >= 4 is 0 Å². The van der Waals surface area contributed by atoms with Crippen LogP contribution in [0.5, 0.6) is 11.5 Å². The zero-order valence-corrected chi connectivity index (χ0v) is 14.6. The number of fused-ring (bicyclic) bond motifs is 1. The average Bonchev–Trinajstić information content (AvgIpc) is 2.96. The van der Waals surface area contributed by atoms with Gasteiger partial charge in [-0.1, -0.05) is 50.5 Å². The van der Waals surface area contributed by atoms with Crippen LogP contribution in [-0.4, -0.2) is 18.0 Å². The second kappa shape index (κ2) is 8.32. The molecule has 0 spiro atoms. The summed E-state index contributed by atoms with van der Waals surface area (Å²) in [7, 11) is 0. The molecule has 2 N–H and O–H groups in total. The molecule has 0 amide bonds. The third-order valence-electron chi connectivity index (χ3n) is 4.79. The number of ether oxygens (including phenoxy) is 1. The number of unbranched alkanes of at least 4 members (excludes halogenated alkanes) is 3. The van der Waals surface area contributed by atoms with Crippen LogP contribution in [0.4, 0.5) is 0 Å².